The highest BCUT2D eigenvalue weighted by Crippen LogP contribution is 2.24. The van der Waals surface area contributed by atoms with Crippen molar-refractivity contribution < 1.29 is 5.11 Å². The van der Waals surface area contributed by atoms with E-state index in [1.807, 2.05) is 71.8 Å². The van der Waals surface area contributed by atoms with Gasteiger partial charge in [-0.1, -0.05) is 24.3 Å². The number of aromatic nitrogens is 4. The van der Waals surface area contributed by atoms with Gasteiger partial charge in [0.05, 0.1) is 45.9 Å². The summed E-state index contributed by atoms with van der Waals surface area (Å²) in [6.45, 7) is 1.79. The summed E-state index contributed by atoms with van der Waals surface area (Å²) in [5, 5.41) is 18.8. The predicted molar refractivity (Wildman–Crippen MR) is 137 cm³/mol. The molecule has 0 aliphatic heterocycles. The summed E-state index contributed by atoms with van der Waals surface area (Å²) < 4.78 is 3.94. The van der Waals surface area contributed by atoms with E-state index in [1.54, 1.807) is 37.6 Å². The zero-order chi connectivity index (χ0) is 23.7. The van der Waals surface area contributed by atoms with Crippen molar-refractivity contribution in [3.8, 4) is 5.75 Å². The molecule has 5 rings (SSSR count). The summed E-state index contributed by atoms with van der Waals surface area (Å²) >= 11 is 0. The molecule has 0 aliphatic carbocycles. The molecule has 2 heterocycles. The van der Waals surface area contributed by atoms with Crippen LogP contribution in [0, 0.1) is 0 Å². The number of nitrogens with zero attached hydrogens (tertiary/aromatic N) is 7. The third-order valence-electron chi connectivity index (χ3n) is 5.72. The summed E-state index contributed by atoms with van der Waals surface area (Å²) in [6.07, 6.45) is 3.32. The van der Waals surface area contributed by atoms with E-state index in [0.717, 1.165) is 27.9 Å². The van der Waals surface area contributed by atoms with Gasteiger partial charge in [-0.25, -0.2) is 9.97 Å². The second-order valence-electron chi connectivity index (χ2n) is 7.93. The molecule has 0 amide bonds. The first-order valence-electron chi connectivity index (χ1n) is 10.8. The van der Waals surface area contributed by atoms with E-state index in [2.05, 4.69) is 25.2 Å². The van der Waals surface area contributed by atoms with E-state index >= 15 is 0 Å². The minimum Gasteiger partial charge on any atom is -0.507 e. The van der Waals surface area contributed by atoms with Gasteiger partial charge in [-0.2, -0.15) is 10.2 Å². The number of hydrogen-bond acceptors (Lipinski definition) is 6. The van der Waals surface area contributed by atoms with Crippen LogP contribution >= 0.6 is 0 Å². The maximum absolute atomic E-state index is 10.4. The van der Waals surface area contributed by atoms with Crippen LogP contribution in [0.25, 0.3) is 22.1 Å². The van der Waals surface area contributed by atoms with Crippen LogP contribution in [0.5, 0.6) is 5.75 Å². The zero-order valence-corrected chi connectivity index (χ0v) is 19.1. The van der Waals surface area contributed by atoms with Crippen molar-refractivity contribution in [1.29, 1.82) is 0 Å². The van der Waals surface area contributed by atoms with E-state index in [1.165, 1.54) is 0 Å². The average molecular weight is 450 g/mol. The van der Waals surface area contributed by atoms with Gasteiger partial charge in [0.2, 0.25) is 0 Å². The number of aromatic hydroxyl groups is 1. The van der Waals surface area contributed by atoms with Gasteiger partial charge in [-0.15, -0.1) is 0 Å². The molecular weight excluding hydrogens is 426 g/mol. The van der Waals surface area contributed by atoms with Crippen molar-refractivity contribution in [2.24, 2.45) is 29.3 Å². The molecule has 168 valence electrons. The van der Waals surface area contributed by atoms with Crippen LogP contribution in [-0.2, 0) is 14.1 Å². The van der Waals surface area contributed by atoms with Gasteiger partial charge in [0.1, 0.15) is 5.75 Å². The fourth-order valence-corrected chi connectivity index (χ4v) is 3.81. The molecule has 0 bridgehead atoms. The molecule has 0 unspecified atom stereocenters. The normalized spacial score (nSPS) is 12.6. The Balaban J connectivity index is 1.39. The van der Waals surface area contributed by atoms with Gasteiger partial charge in [-0.05, 0) is 49.4 Å². The first kappa shape index (κ1) is 21.3. The number of imidazole rings is 2. The number of hydrogen-bond donors (Lipinski definition) is 1. The Morgan fingerprint density at radius 2 is 1.41 bits per heavy atom. The highest BCUT2D eigenvalue weighted by atomic mass is 16.3. The predicted octanol–water partition coefficient (Wildman–Crippen LogP) is 4.76. The molecule has 8 heteroatoms. The summed E-state index contributed by atoms with van der Waals surface area (Å²) in [5.74, 6) is 1.55. The van der Waals surface area contributed by atoms with Crippen molar-refractivity contribution >= 4 is 45.9 Å². The van der Waals surface area contributed by atoms with E-state index in [9.17, 15) is 5.11 Å². The molecule has 0 fully saturated rings. The standard InChI is InChI=1S/C26H23N7O/c1-17(31-28-16-26-30-21-9-5-7-11-23(21)33(26)3)19-14-18(12-13-24(19)34)27-15-25-29-20-8-4-6-10-22(20)32(25)2/h4-16,34H,1-3H3/b27-15?,28-16+,31-17+. The molecule has 0 spiro atoms. The van der Waals surface area contributed by atoms with Crippen LogP contribution in [0.15, 0.2) is 81.9 Å². The number of phenols is 1. The number of aryl methyl sites for hydroxylation is 2. The van der Waals surface area contributed by atoms with Gasteiger partial charge in [-0.3, -0.25) is 4.99 Å². The van der Waals surface area contributed by atoms with E-state index in [4.69, 9.17) is 0 Å². The Hall–Kier alpha value is -4.59. The molecule has 5 aromatic rings. The number of benzene rings is 3. The van der Waals surface area contributed by atoms with E-state index in [0.29, 0.717) is 22.8 Å². The fourth-order valence-electron chi connectivity index (χ4n) is 3.81. The van der Waals surface area contributed by atoms with Gasteiger partial charge < -0.3 is 14.2 Å². The number of para-hydroxylation sites is 4. The molecular formula is C26H23N7O. The maximum atomic E-state index is 10.4. The fraction of sp³-hybridized carbons (Fsp3) is 0.115. The molecule has 0 saturated heterocycles. The maximum Gasteiger partial charge on any atom is 0.153 e. The van der Waals surface area contributed by atoms with Crippen molar-refractivity contribution in [2.75, 3.05) is 0 Å². The van der Waals surface area contributed by atoms with Crippen LogP contribution < -0.4 is 0 Å². The third kappa shape index (κ3) is 3.97. The number of fused-ring (bicyclic) bond motifs is 2. The zero-order valence-electron chi connectivity index (χ0n) is 19.1. The van der Waals surface area contributed by atoms with E-state index in [-0.39, 0.29) is 5.75 Å². The highest BCUT2D eigenvalue weighted by molar-refractivity contribution is 6.02. The minimum absolute atomic E-state index is 0.112. The average Bonchev–Trinajstić information content (AvgIpc) is 3.35. The summed E-state index contributed by atoms with van der Waals surface area (Å²) in [7, 11) is 3.89. The van der Waals surface area contributed by atoms with Crippen LogP contribution in [0.4, 0.5) is 5.69 Å². The van der Waals surface area contributed by atoms with Gasteiger partial charge in [0, 0.05) is 19.7 Å². The number of rotatable bonds is 5. The minimum atomic E-state index is 0.112. The number of phenolic OH excluding ortho intramolecular Hbond substituents is 1. The quantitative estimate of drug-likeness (QED) is 0.310. The lowest BCUT2D eigenvalue weighted by Crippen LogP contribution is -1.97. The van der Waals surface area contributed by atoms with Crippen molar-refractivity contribution in [1.82, 2.24) is 19.1 Å². The summed E-state index contributed by atoms with van der Waals surface area (Å²) in [6, 6.07) is 20.9. The Kier molecular flexibility index (Phi) is 5.47. The van der Waals surface area contributed by atoms with Gasteiger partial charge >= 0.3 is 0 Å². The molecule has 0 saturated carbocycles. The Morgan fingerprint density at radius 3 is 2.03 bits per heavy atom. The monoisotopic (exact) mass is 449 g/mol. The van der Waals surface area contributed by atoms with Crippen LogP contribution in [0.1, 0.15) is 24.1 Å². The number of aliphatic imine (C=N–C) groups is 1. The Bertz CT molecular complexity index is 1600. The first-order chi connectivity index (χ1) is 16.5. The van der Waals surface area contributed by atoms with Crippen LogP contribution in [0.2, 0.25) is 0 Å². The summed E-state index contributed by atoms with van der Waals surface area (Å²) in [4.78, 5) is 13.7. The second kappa shape index (κ2) is 8.74. The molecule has 0 atom stereocenters. The smallest absolute Gasteiger partial charge is 0.153 e. The molecule has 1 N–H and O–H groups in total. The first-order valence-corrected chi connectivity index (χ1v) is 10.8. The van der Waals surface area contributed by atoms with Crippen LogP contribution in [-0.4, -0.2) is 42.3 Å². The molecule has 2 aromatic heterocycles. The van der Waals surface area contributed by atoms with Crippen LogP contribution in [0.3, 0.4) is 0 Å². The van der Waals surface area contributed by atoms with Crippen molar-refractivity contribution in [3.05, 3.63) is 83.9 Å². The molecule has 34 heavy (non-hydrogen) atoms. The lowest BCUT2D eigenvalue weighted by molar-refractivity contribution is 0.474. The summed E-state index contributed by atoms with van der Waals surface area (Å²) in [5.41, 5.74) is 5.67. The molecule has 0 aliphatic rings. The largest absolute Gasteiger partial charge is 0.507 e. The second-order valence-corrected chi connectivity index (χ2v) is 7.93. The molecule has 0 radical (unpaired) electrons. The van der Waals surface area contributed by atoms with Gasteiger partial charge in [0.25, 0.3) is 0 Å². The SMILES string of the molecule is C/C(=N\N=C\c1nc2ccccc2n1C)c1cc(N=Cc2nc3ccccc3n2C)ccc1O. The lowest BCUT2D eigenvalue weighted by atomic mass is 10.1. The Morgan fingerprint density at radius 1 is 0.824 bits per heavy atom. The molecule has 8 nitrogen and oxygen atoms in total. The van der Waals surface area contributed by atoms with Crippen molar-refractivity contribution in [2.45, 2.75) is 6.92 Å². The topological polar surface area (TPSA) is 93.0 Å². The lowest BCUT2D eigenvalue weighted by Gasteiger charge is -2.04. The molecule has 3 aromatic carbocycles. The van der Waals surface area contributed by atoms with Gasteiger partial charge in [0.15, 0.2) is 11.6 Å². The highest BCUT2D eigenvalue weighted by Gasteiger charge is 2.08. The Labute approximate surface area is 196 Å². The van der Waals surface area contributed by atoms with E-state index < -0.39 is 0 Å². The third-order valence-corrected chi connectivity index (χ3v) is 5.72. The van der Waals surface area contributed by atoms with Crippen molar-refractivity contribution in [3.63, 3.8) is 0 Å².